The largest absolute Gasteiger partial charge is 0.396 e. The number of aliphatic hydroxyl groups excluding tert-OH is 1. The molecule has 0 radical (unpaired) electrons. The van der Waals surface area contributed by atoms with Crippen LogP contribution in [-0.4, -0.2) is 11.7 Å². The fourth-order valence-electron chi connectivity index (χ4n) is 4.54. The molecule has 0 unspecified atom stereocenters. The van der Waals surface area contributed by atoms with Gasteiger partial charge in [-0.2, -0.15) is 0 Å². The molecule has 3 rings (SSSR count). The van der Waals surface area contributed by atoms with Crippen molar-refractivity contribution < 1.29 is 5.11 Å². The molecule has 0 saturated heterocycles. The molecule has 0 amide bonds. The van der Waals surface area contributed by atoms with E-state index in [1.807, 2.05) is 0 Å². The van der Waals surface area contributed by atoms with Gasteiger partial charge in [0.05, 0.1) is 0 Å². The van der Waals surface area contributed by atoms with Gasteiger partial charge in [0.25, 0.3) is 0 Å². The van der Waals surface area contributed by atoms with Gasteiger partial charge in [0.15, 0.2) is 0 Å². The summed E-state index contributed by atoms with van der Waals surface area (Å²) in [5.41, 5.74) is 0.757. The lowest BCUT2D eigenvalue weighted by molar-refractivity contribution is -0.0578. The quantitative estimate of drug-likeness (QED) is 0.633. The minimum absolute atomic E-state index is 0.457. The Bertz CT molecular complexity index is 201. The van der Waals surface area contributed by atoms with Crippen molar-refractivity contribution >= 4 is 0 Å². The van der Waals surface area contributed by atoms with Gasteiger partial charge in [0.2, 0.25) is 0 Å². The number of rotatable bonds is 1. The Labute approximate surface area is 74.2 Å². The fourth-order valence-corrected chi connectivity index (χ4v) is 4.54. The standard InChI is InChI=1S/C11H18O/c12-7-8-6-11-5-1-2-9(11)3-4-10(8)11/h8-10,12H,1-7H2/t8-,9+,10-,11+/m0/s1. The molecular formula is C11H18O. The van der Waals surface area contributed by atoms with Crippen LogP contribution in [0.4, 0.5) is 0 Å². The molecule has 0 heterocycles. The summed E-state index contributed by atoms with van der Waals surface area (Å²) < 4.78 is 0. The van der Waals surface area contributed by atoms with Crippen LogP contribution >= 0.6 is 0 Å². The van der Waals surface area contributed by atoms with Crippen molar-refractivity contribution in [3.8, 4) is 0 Å². The van der Waals surface area contributed by atoms with Crippen LogP contribution in [-0.2, 0) is 0 Å². The average Bonchev–Trinajstić information content (AvgIpc) is 2.54. The second-order valence-electron chi connectivity index (χ2n) is 5.15. The Morgan fingerprint density at radius 3 is 3.00 bits per heavy atom. The average molecular weight is 166 g/mol. The molecule has 1 heteroatoms. The van der Waals surface area contributed by atoms with Crippen LogP contribution in [0.1, 0.15) is 38.5 Å². The van der Waals surface area contributed by atoms with Crippen molar-refractivity contribution in [2.75, 3.05) is 6.61 Å². The van der Waals surface area contributed by atoms with Gasteiger partial charge >= 0.3 is 0 Å². The lowest BCUT2D eigenvalue weighted by Crippen LogP contribution is -2.47. The van der Waals surface area contributed by atoms with Crippen LogP contribution in [0.2, 0.25) is 0 Å². The molecule has 0 aromatic carbocycles. The molecule has 3 saturated carbocycles. The molecule has 3 aliphatic rings. The molecule has 1 nitrogen and oxygen atoms in total. The minimum Gasteiger partial charge on any atom is -0.396 e. The second kappa shape index (κ2) is 2.25. The van der Waals surface area contributed by atoms with Gasteiger partial charge < -0.3 is 5.11 Å². The molecule has 3 aliphatic carbocycles. The fraction of sp³-hybridized carbons (Fsp3) is 1.00. The molecule has 12 heavy (non-hydrogen) atoms. The topological polar surface area (TPSA) is 20.2 Å². The van der Waals surface area contributed by atoms with Crippen molar-refractivity contribution in [3.05, 3.63) is 0 Å². The SMILES string of the molecule is OC[C@@H]1C[C@]23CCC[C@@H]2CC[C@@H]13. The third kappa shape index (κ3) is 0.654. The Morgan fingerprint density at radius 1 is 1.25 bits per heavy atom. The van der Waals surface area contributed by atoms with Crippen molar-refractivity contribution in [1.82, 2.24) is 0 Å². The maximum absolute atomic E-state index is 9.15. The summed E-state index contributed by atoms with van der Waals surface area (Å²) >= 11 is 0. The highest BCUT2D eigenvalue weighted by atomic mass is 16.3. The zero-order chi connectivity index (χ0) is 8.18. The van der Waals surface area contributed by atoms with E-state index in [0.29, 0.717) is 12.5 Å². The third-order valence-electron chi connectivity index (χ3n) is 5.02. The van der Waals surface area contributed by atoms with Crippen LogP contribution in [0.15, 0.2) is 0 Å². The van der Waals surface area contributed by atoms with E-state index in [1.54, 1.807) is 0 Å². The summed E-state index contributed by atoms with van der Waals surface area (Å²) in [7, 11) is 0. The van der Waals surface area contributed by atoms with E-state index in [2.05, 4.69) is 0 Å². The normalized spacial score (nSPS) is 56.2. The van der Waals surface area contributed by atoms with Crippen LogP contribution < -0.4 is 0 Å². The minimum atomic E-state index is 0.457. The van der Waals surface area contributed by atoms with Crippen LogP contribution in [0.25, 0.3) is 0 Å². The predicted octanol–water partition coefficient (Wildman–Crippen LogP) is 2.20. The zero-order valence-corrected chi connectivity index (χ0v) is 7.63. The number of aliphatic hydroxyl groups is 1. The molecule has 4 atom stereocenters. The summed E-state index contributed by atoms with van der Waals surface area (Å²) in [5, 5.41) is 9.15. The zero-order valence-electron chi connectivity index (χ0n) is 7.63. The van der Waals surface area contributed by atoms with E-state index < -0.39 is 0 Å². The Morgan fingerprint density at radius 2 is 2.17 bits per heavy atom. The van der Waals surface area contributed by atoms with Crippen LogP contribution in [0.3, 0.4) is 0 Å². The van der Waals surface area contributed by atoms with E-state index in [4.69, 9.17) is 5.11 Å². The van der Waals surface area contributed by atoms with Crippen molar-refractivity contribution in [2.24, 2.45) is 23.2 Å². The van der Waals surface area contributed by atoms with E-state index in [0.717, 1.165) is 17.3 Å². The highest BCUT2D eigenvalue weighted by Gasteiger charge is 2.61. The molecule has 68 valence electrons. The molecule has 0 aromatic heterocycles. The first-order chi connectivity index (χ1) is 5.87. The summed E-state index contributed by atoms with van der Waals surface area (Å²) in [6.07, 6.45) is 8.71. The Balaban J connectivity index is 1.84. The second-order valence-corrected chi connectivity index (χ2v) is 5.15. The van der Waals surface area contributed by atoms with Crippen LogP contribution in [0.5, 0.6) is 0 Å². The van der Waals surface area contributed by atoms with Crippen LogP contribution in [0, 0.1) is 23.2 Å². The third-order valence-corrected chi connectivity index (χ3v) is 5.02. The smallest absolute Gasteiger partial charge is 0.0462 e. The van der Waals surface area contributed by atoms with E-state index in [9.17, 15) is 0 Å². The molecule has 0 aliphatic heterocycles. The van der Waals surface area contributed by atoms with Gasteiger partial charge in [0, 0.05) is 6.61 Å². The molecule has 1 spiro atoms. The first kappa shape index (κ1) is 7.37. The Kier molecular flexibility index (Phi) is 1.39. The van der Waals surface area contributed by atoms with E-state index in [1.165, 1.54) is 38.5 Å². The summed E-state index contributed by atoms with van der Waals surface area (Å²) in [6.45, 7) is 0.457. The van der Waals surface area contributed by atoms with Crippen molar-refractivity contribution in [3.63, 3.8) is 0 Å². The predicted molar refractivity (Wildman–Crippen MR) is 47.7 cm³/mol. The number of hydrogen-bond donors (Lipinski definition) is 1. The molecule has 1 N–H and O–H groups in total. The van der Waals surface area contributed by atoms with E-state index in [-0.39, 0.29) is 0 Å². The summed E-state index contributed by atoms with van der Waals surface area (Å²) in [4.78, 5) is 0. The van der Waals surface area contributed by atoms with Gasteiger partial charge in [-0.25, -0.2) is 0 Å². The Hall–Kier alpha value is -0.0400. The van der Waals surface area contributed by atoms with Gasteiger partial charge in [0.1, 0.15) is 0 Å². The monoisotopic (exact) mass is 166 g/mol. The van der Waals surface area contributed by atoms with Crippen molar-refractivity contribution in [1.29, 1.82) is 0 Å². The molecule has 0 aromatic rings. The molecule has 3 fully saturated rings. The van der Waals surface area contributed by atoms with Gasteiger partial charge in [-0.05, 0) is 55.3 Å². The first-order valence-corrected chi connectivity index (χ1v) is 5.48. The highest BCUT2D eigenvalue weighted by molar-refractivity contribution is 5.11. The highest BCUT2D eigenvalue weighted by Crippen LogP contribution is 2.69. The van der Waals surface area contributed by atoms with Gasteiger partial charge in [-0.1, -0.05) is 6.42 Å². The summed E-state index contributed by atoms with van der Waals surface area (Å²) in [5.74, 6) is 2.67. The number of hydrogen-bond acceptors (Lipinski definition) is 1. The van der Waals surface area contributed by atoms with E-state index >= 15 is 0 Å². The summed E-state index contributed by atoms with van der Waals surface area (Å²) in [6, 6.07) is 0. The maximum Gasteiger partial charge on any atom is 0.0462 e. The lowest BCUT2D eigenvalue weighted by Gasteiger charge is -2.52. The molecule has 0 bridgehead atoms. The maximum atomic E-state index is 9.15. The lowest BCUT2D eigenvalue weighted by atomic mass is 9.53. The van der Waals surface area contributed by atoms with Gasteiger partial charge in [-0.15, -0.1) is 0 Å². The van der Waals surface area contributed by atoms with Gasteiger partial charge in [-0.3, -0.25) is 0 Å². The van der Waals surface area contributed by atoms with Crippen molar-refractivity contribution in [2.45, 2.75) is 38.5 Å². The molecular weight excluding hydrogens is 148 g/mol. The first-order valence-electron chi connectivity index (χ1n) is 5.48.